The predicted octanol–water partition coefficient (Wildman–Crippen LogP) is 3.67. The molecule has 1 fully saturated rings. The summed E-state index contributed by atoms with van der Waals surface area (Å²) in [7, 11) is 0. The molecule has 0 unspecified atom stereocenters. The molecule has 1 amide bonds. The topological polar surface area (TPSA) is 48.7 Å². The van der Waals surface area contributed by atoms with Crippen molar-refractivity contribution in [3.8, 4) is 0 Å². The van der Waals surface area contributed by atoms with Crippen LogP contribution >= 0.6 is 0 Å². The van der Waals surface area contributed by atoms with Gasteiger partial charge in [-0.15, -0.1) is 0 Å². The highest BCUT2D eigenvalue weighted by Gasteiger charge is 2.28. The van der Waals surface area contributed by atoms with E-state index in [0.717, 1.165) is 68.3 Å². The molecule has 1 N–H and O–H groups in total. The van der Waals surface area contributed by atoms with E-state index in [-0.39, 0.29) is 5.91 Å². The summed E-state index contributed by atoms with van der Waals surface area (Å²) in [5.74, 6) is 1.76. The van der Waals surface area contributed by atoms with Gasteiger partial charge < -0.3 is 14.6 Å². The number of amides is 1. The predicted molar refractivity (Wildman–Crippen MR) is 115 cm³/mol. The molecule has 0 radical (unpaired) electrons. The van der Waals surface area contributed by atoms with Gasteiger partial charge in [0.25, 0.3) is 5.91 Å². The molecule has 4 rings (SSSR count). The molecule has 5 nitrogen and oxygen atoms in total. The summed E-state index contributed by atoms with van der Waals surface area (Å²) in [5.41, 5.74) is 4.43. The number of nitrogens with one attached hydrogen (secondary N) is 1. The van der Waals surface area contributed by atoms with Crippen molar-refractivity contribution >= 4 is 5.91 Å². The third kappa shape index (κ3) is 4.90. The van der Waals surface area contributed by atoms with Crippen LogP contribution < -0.4 is 5.32 Å². The van der Waals surface area contributed by atoms with Crippen LogP contribution in [0.2, 0.25) is 0 Å². The van der Waals surface area contributed by atoms with Gasteiger partial charge in [-0.3, -0.25) is 9.69 Å². The second-order valence-corrected chi connectivity index (χ2v) is 8.54. The van der Waals surface area contributed by atoms with Gasteiger partial charge in [-0.2, -0.15) is 0 Å². The van der Waals surface area contributed by atoms with Crippen LogP contribution in [0.3, 0.4) is 0 Å². The number of nitrogens with zero attached hydrogens (tertiary/aromatic N) is 2. The number of hydrogen-bond acceptors (Lipinski definition) is 4. The lowest BCUT2D eigenvalue weighted by molar-refractivity contribution is 0.0943. The molecule has 0 bridgehead atoms. The molecule has 5 heteroatoms. The van der Waals surface area contributed by atoms with Gasteiger partial charge in [0.1, 0.15) is 11.5 Å². The Bertz CT molecular complexity index is 835. The van der Waals surface area contributed by atoms with E-state index in [1.54, 1.807) is 0 Å². The normalized spacial score (nSPS) is 17.9. The van der Waals surface area contributed by atoms with Gasteiger partial charge in [-0.05, 0) is 45.3 Å². The fourth-order valence-corrected chi connectivity index (χ4v) is 4.56. The third-order valence-electron chi connectivity index (χ3n) is 6.22. The lowest BCUT2D eigenvalue weighted by atomic mass is 10.0. The lowest BCUT2D eigenvalue weighted by Crippen LogP contribution is -2.38. The summed E-state index contributed by atoms with van der Waals surface area (Å²) in [6, 6.07) is 8.71. The summed E-state index contributed by atoms with van der Waals surface area (Å²) in [6.07, 6.45) is 4.75. The summed E-state index contributed by atoms with van der Waals surface area (Å²) in [5, 5.41) is 3.13. The van der Waals surface area contributed by atoms with Gasteiger partial charge in [0.2, 0.25) is 0 Å². The average molecular weight is 396 g/mol. The fraction of sp³-hybridized carbons (Fsp3) is 0.542. The molecule has 2 aromatic rings. The Labute approximate surface area is 174 Å². The SMILES string of the molecule is Cc1ccc(CN2CCc3oc(C)c(C(=O)NCCN4CCCCC4)c3C2)cc1. The maximum absolute atomic E-state index is 12.9. The highest BCUT2D eigenvalue weighted by Crippen LogP contribution is 2.29. The Morgan fingerprint density at radius 2 is 1.79 bits per heavy atom. The minimum atomic E-state index is 0.0155. The van der Waals surface area contributed by atoms with E-state index in [9.17, 15) is 4.79 Å². The standard InChI is InChI=1S/C24H33N3O2/c1-18-6-8-20(9-7-18)16-27-14-10-22-21(17-27)23(19(2)29-22)24(28)25-11-15-26-12-4-3-5-13-26/h6-9H,3-5,10-17H2,1-2H3,(H,25,28). The van der Waals surface area contributed by atoms with Crippen LogP contribution in [-0.2, 0) is 19.5 Å². The molecule has 0 atom stereocenters. The molecular weight excluding hydrogens is 362 g/mol. The Morgan fingerprint density at radius 1 is 1.03 bits per heavy atom. The zero-order chi connectivity index (χ0) is 20.2. The van der Waals surface area contributed by atoms with Crippen molar-refractivity contribution in [2.75, 3.05) is 32.7 Å². The summed E-state index contributed by atoms with van der Waals surface area (Å²) < 4.78 is 5.97. The number of fused-ring (bicyclic) bond motifs is 1. The molecule has 2 aliphatic rings. The molecule has 2 aliphatic heterocycles. The number of furan rings is 1. The van der Waals surface area contributed by atoms with Gasteiger partial charge in [0.05, 0.1) is 5.56 Å². The second-order valence-electron chi connectivity index (χ2n) is 8.54. The quantitative estimate of drug-likeness (QED) is 0.811. The highest BCUT2D eigenvalue weighted by molar-refractivity contribution is 5.97. The molecule has 1 saturated heterocycles. The number of rotatable bonds is 6. The van der Waals surface area contributed by atoms with E-state index < -0.39 is 0 Å². The summed E-state index contributed by atoms with van der Waals surface area (Å²) in [4.78, 5) is 17.8. The van der Waals surface area contributed by atoms with Crippen LogP contribution in [0.15, 0.2) is 28.7 Å². The Hall–Kier alpha value is -2.11. The smallest absolute Gasteiger partial charge is 0.255 e. The van der Waals surface area contributed by atoms with Gasteiger partial charge in [0.15, 0.2) is 0 Å². The summed E-state index contributed by atoms with van der Waals surface area (Å²) >= 11 is 0. The van der Waals surface area contributed by atoms with Crippen molar-refractivity contribution in [2.45, 2.75) is 52.6 Å². The maximum Gasteiger partial charge on any atom is 0.255 e. The minimum absolute atomic E-state index is 0.0155. The first-order chi connectivity index (χ1) is 14.1. The van der Waals surface area contributed by atoms with Crippen LogP contribution in [-0.4, -0.2) is 48.4 Å². The van der Waals surface area contributed by atoms with Gasteiger partial charge in [-0.25, -0.2) is 0 Å². The fourth-order valence-electron chi connectivity index (χ4n) is 4.56. The first-order valence-corrected chi connectivity index (χ1v) is 11.0. The Kier molecular flexibility index (Phi) is 6.36. The average Bonchev–Trinajstić information content (AvgIpc) is 3.05. The maximum atomic E-state index is 12.9. The molecule has 156 valence electrons. The van der Waals surface area contributed by atoms with Crippen molar-refractivity contribution in [1.29, 1.82) is 0 Å². The van der Waals surface area contributed by atoms with E-state index in [1.165, 1.54) is 30.4 Å². The zero-order valence-electron chi connectivity index (χ0n) is 17.8. The molecule has 29 heavy (non-hydrogen) atoms. The monoisotopic (exact) mass is 395 g/mol. The first-order valence-electron chi connectivity index (χ1n) is 11.0. The second kappa shape index (κ2) is 9.14. The van der Waals surface area contributed by atoms with Crippen LogP contribution in [0.1, 0.15) is 57.8 Å². The van der Waals surface area contributed by atoms with E-state index in [1.807, 2.05) is 6.92 Å². The van der Waals surface area contributed by atoms with Crippen LogP contribution in [0.25, 0.3) is 0 Å². The molecule has 0 aliphatic carbocycles. The third-order valence-corrected chi connectivity index (χ3v) is 6.22. The van der Waals surface area contributed by atoms with Crippen molar-refractivity contribution in [1.82, 2.24) is 15.1 Å². The van der Waals surface area contributed by atoms with Gasteiger partial charge >= 0.3 is 0 Å². The molecule has 1 aromatic heterocycles. The van der Waals surface area contributed by atoms with Crippen molar-refractivity contribution in [3.05, 3.63) is 58.0 Å². The van der Waals surface area contributed by atoms with E-state index in [4.69, 9.17) is 4.42 Å². The van der Waals surface area contributed by atoms with Crippen molar-refractivity contribution < 1.29 is 9.21 Å². The number of aryl methyl sites for hydroxylation is 2. The van der Waals surface area contributed by atoms with E-state index in [2.05, 4.69) is 46.3 Å². The van der Waals surface area contributed by atoms with E-state index in [0.29, 0.717) is 6.54 Å². The Balaban J connectivity index is 1.38. The van der Waals surface area contributed by atoms with Crippen molar-refractivity contribution in [2.24, 2.45) is 0 Å². The number of carbonyl (C=O) groups is 1. The number of hydrogen-bond donors (Lipinski definition) is 1. The van der Waals surface area contributed by atoms with Gasteiger partial charge in [0, 0.05) is 44.7 Å². The van der Waals surface area contributed by atoms with Crippen molar-refractivity contribution in [3.63, 3.8) is 0 Å². The van der Waals surface area contributed by atoms with Gasteiger partial charge in [-0.1, -0.05) is 36.2 Å². The molecule has 0 spiro atoms. The number of likely N-dealkylation sites (tertiary alicyclic amines) is 1. The largest absolute Gasteiger partial charge is 0.465 e. The highest BCUT2D eigenvalue weighted by atomic mass is 16.3. The number of carbonyl (C=O) groups excluding carboxylic acids is 1. The van der Waals surface area contributed by atoms with Crippen LogP contribution in [0, 0.1) is 13.8 Å². The Morgan fingerprint density at radius 3 is 2.55 bits per heavy atom. The zero-order valence-corrected chi connectivity index (χ0v) is 17.8. The number of benzene rings is 1. The summed E-state index contributed by atoms with van der Waals surface area (Å²) in [6.45, 7) is 10.6. The molecular formula is C24H33N3O2. The number of piperidine rings is 1. The molecule has 1 aromatic carbocycles. The van der Waals surface area contributed by atoms with Crippen LogP contribution in [0.5, 0.6) is 0 Å². The molecule has 3 heterocycles. The van der Waals surface area contributed by atoms with Crippen LogP contribution in [0.4, 0.5) is 0 Å². The molecule has 0 saturated carbocycles. The lowest BCUT2D eigenvalue weighted by Gasteiger charge is -2.27. The van der Waals surface area contributed by atoms with E-state index >= 15 is 0 Å². The first kappa shape index (κ1) is 20.2. The minimum Gasteiger partial charge on any atom is -0.465 e.